The molecule has 0 unspecified atom stereocenters. The van der Waals surface area contributed by atoms with E-state index in [-0.39, 0.29) is 5.91 Å². The molecule has 2 aromatic rings. The average Bonchev–Trinajstić information content (AvgIpc) is 3.00. The molecule has 22 heavy (non-hydrogen) atoms. The molecule has 1 aromatic carbocycles. The van der Waals surface area contributed by atoms with Gasteiger partial charge in [-0.3, -0.25) is 4.79 Å². The van der Waals surface area contributed by atoms with Crippen LogP contribution in [0.5, 0.6) is 0 Å². The molecule has 1 fully saturated rings. The summed E-state index contributed by atoms with van der Waals surface area (Å²) >= 11 is 0. The SMILES string of the molecule is Cc1ccc(C(=O)N2CCC(CCc3ccccc3)CC2)o1. The molecular formula is C19H23NO2. The van der Waals surface area contributed by atoms with Gasteiger partial charge in [0.15, 0.2) is 5.76 Å². The lowest BCUT2D eigenvalue weighted by atomic mass is 9.90. The van der Waals surface area contributed by atoms with E-state index in [2.05, 4.69) is 30.3 Å². The van der Waals surface area contributed by atoms with Crippen LogP contribution in [0.15, 0.2) is 46.9 Å². The first-order valence-electron chi connectivity index (χ1n) is 8.12. The van der Waals surface area contributed by atoms with E-state index in [0.717, 1.165) is 44.0 Å². The number of furan rings is 1. The molecule has 1 aliphatic heterocycles. The number of carbonyl (C=O) groups is 1. The molecule has 1 amide bonds. The van der Waals surface area contributed by atoms with Gasteiger partial charge >= 0.3 is 0 Å². The molecule has 0 radical (unpaired) electrons. The predicted octanol–water partition coefficient (Wildman–Crippen LogP) is 4.07. The Morgan fingerprint density at radius 3 is 2.50 bits per heavy atom. The van der Waals surface area contributed by atoms with E-state index in [1.165, 1.54) is 12.0 Å². The van der Waals surface area contributed by atoms with Crippen LogP contribution in [0.25, 0.3) is 0 Å². The van der Waals surface area contributed by atoms with Gasteiger partial charge in [-0.2, -0.15) is 0 Å². The summed E-state index contributed by atoms with van der Waals surface area (Å²) in [6.45, 7) is 3.56. The third-order valence-corrected chi connectivity index (χ3v) is 4.54. The average molecular weight is 297 g/mol. The predicted molar refractivity (Wildman–Crippen MR) is 86.8 cm³/mol. The lowest BCUT2D eigenvalue weighted by molar-refractivity contribution is 0.0653. The van der Waals surface area contributed by atoms with Gasteiger partial charge in [0.2, 0.25) is 0 Å². The number of carbonyl (C=O) groups excluding carboxylic acids is 1. The Morgan fingerprint density at radius 2 is 1.86 bits per heavy atom. The fourth-order valence-corrected chi connectivity index (χ4v) is 3.15. The highest BCUT2D eigenvalue weighted by molar-refractivity contribution is 5.91. The summed E-state index contributed by atoms with van der Waals surface area (Å²) in [6, 6.07) is 14.3. The normalized spacial score (nSPS) is 16.0. The Morgan fingerprint density at radius 1 is 1.14 bits per heavy atom. The van der Waals surface area contributed by atoms with Crippen LogP contribution in [0, 0.1) is 12.8 Å². The van der Waals surface area contributed by atoms with E-state index in [0.29, 0.717) is 5.76 Å². The fourth-order valence-electron chi connectivity index (χ4n) is 3.15. The second-order valence-electron chi connectivity index (χ2n) is 6.17. The number of amides is 1. The van der Waals surface area contributed by atoms with Gasteiger partial charge in [-0.1, -0.05) is 30.3 Å². The molecule has 1 aliphatic rings. The van der Waals surface area contributed by atoms with Crippen molar-refractivity contribution in [3.8, 4) is 0 Å². The molecular weight excluding hydrogens is 274 g/mol. The van der Waals surface area contributed by atoms with Crippen LogP contribution >= 0.6 is 0 Å². The molecule has 0 atom stereocenters. The van der Waals surface area contributed by atoms with Crippen LogP contribution in [-0.2, 0) is 6.42 Å². The number of likely N-dealkylation sites (tertiary alicyclic amines) is 1. The zero-order chi connectivity index (χ0) is 15.4. The molecule has 0 bridgehead atoms. The number of hydrogen-bond donors (Lipinski definition) is 0. The van der Waals surface area contributed by atoms with Gasteiger partial charge < -0.3 is 9.32 Å². The van der Waals surface area contributed by atoms with Crippen molar-refractivity contribution in [3.05, 3.63) is 59.5 Å². The van der Waals surface area contributed by atoms with Crippen molar-refractivity contribution in [2.24, 2.45) is 5.92 Å². The van der Waals surface area contributed by atoms with Crippen LogP contribution in [0.2, 0.25) is 0 Å². The molecule has 1 saturated heterocycles. The van der Waals surface area contributed by atoms with Crippen molar-refractivity contribution >= 4 is 5.91 Å². The van der Waals surface area contributed by atoms with Gasteiger partial charge in [-0.05, 0) is 56.2 Å². The molecule has 116 valence electrons. The number of hydrogen-bond acceptors (Lipinski definition) is 2. The van der Waals surface area contributed by atoms with Crippen molar-refractivity contribution in [1.82, 2.24) is 4.90 Å². The van der Waals surface area contributed by atoms with E-state index in [1.54, 1.807) is 6.07 Å². The monoisotopic (exact) mass is 297 g/mol. The Labute approximate surface area is 131 Å². The van der Waals surface area contributed by atoms with Crippen molar-refractivity contribution in [1.29, 1.82) is 0 Å². The van der Waals surface area contributed by atoms with Gasteiger partial charge in [0.05, 0.1) is 0 Å². The summed E-state index contributed by atoms with van der Waals surface area (Å²) in [5.41, 5.74) is 1.41. The van der Waals surface area contributed by atoms with Gasteiger partial charge in [0, 0.05) is 13.1 Å². The van der Waals surface area contributed by atoms with E-state index < -0.39 is 0 Å². The highest BCUT2D eigenvalue weighted by atomic mass is 16.3. The summed E-state index contributed by atoms with van der Waals surface area (Å²) in [5.74, 6) is 2.03. The first-order chi connectivity index (χ1) is 10.7. The molecule has 0 N–H and O–H groups in total. The zero-order valence-corrected chi connectivity index (χ0v) is 13.1. The second kappa shape index (κ2) is 6.82. The summed E-state index contributed by atoms with van der Waals surface area (Å²) in [7, 11) is 0. The molecule has 2 heterocycles. The summed E-state index contributed by atoms with van der Waals surface area (Å²) < 4.78 is 5.44. The number of piperidine rings is 1. The smallest absolute Gasteiger partial charge is 0.289 e. The topological polar surface area (TPSA) is 33.5 Å². The minimum atomic E-state index is 0.0367. The van der Waals surface area contributed by atoms with Gasteiger partial charge in [0.1, 0.15) is 5.76 Å². The maximum absolute atomic E-state index is 12.3. The minimum absolute atomic E-state index is 0.0367. The van der Waals surface area contributed by atoms with Crippen LogP contribution in [0.4, 0.5) is 0 Å². The standard InChI is InChI=1S/C19H23NO2/c1-15-7-10-18(22-15)19(21)20-13-11-17(12-14-20)9-8-16-5-3-2-4-6-16/h2-7,10,17H,8-9,11-14H2,1H3. The zero-order valence-electron chi connectivity index (χ0n) is 13.1. The number of nitrogens with zero attached hydrogens (tertiary/aromatic N) is 1. The van der Waals surface area contributed by atoms with Crippen molar-refractivity contribution in [2.75, 3.05) is 13.1 Å². The number of aryl methyl sites for hydroxylation is 2. The van der Waals surface area contributed by atoms with Crippen LogP contribution < -0.4 is 0 Å². The summed E-state index contributed by atoms with van der Waals surface area (Å²) in [6.07, 6.45) is 4.54. The van der Waals surface area contributed by atoms with Crippen LogP contribution in [-0.4, -0.2) is 23.9 Å². The van der Waals surface area contributed by atoms with E-state index >= 15 is 0 Å². The maximum atomic E-state index is 12.3. The molecule has 1 aromatic heterocycles. The number of benzene rings is 1. The Hall–Kier alpha value is -2.03. The fraction of sp³-hybridized carbons (Fsp3) is 0.421. The summed E-state index contributed by atoms with van der Waals surface area (Å²) in [5, 5.41) is 0. The highest BCUT2D eigenvalue weighted by Gasteiger charge is 2.25. The highest BCUT2D eigenvalue weighted by Crippen LogP contribution is 2.24. The van der Waals surface area contributed by atoms with Crippen molar-refractivity contribution in [3.63, 3.8) is 0 Å². The Balaban J connectivity index is 1.47. The van der Waals surface area contributed by atoms with E-state index in [4.69, 9.17) is 4.42 Å². The van der Waals surface area contributed by atoms with Crippen molar-refractivity contribution in [2.45, 2.75) is 32.6 Å². The molecule has 0 spiro atoms. The van der Waals surface area contributed by atoms with Gasteiger partial charge in [-0.15, -0.1) is 0 Å². The van der Waals surface area contributed by atoms with Crippen LogP contribution in [0.3, 0.4) is 0 Å². The molecule has 0 saturated carbocycles. The third-order valence-electron chi connectivity index (χ3n) is 4.54. The molecule has 0 aliphatic carbocycles. The second-order valence-corrected chi connectivity index (χ2v) is 6.17. The van der Waals surface area contributed by atoms with Crippen molar-refractivity contribution < 1.29 is 9.21 Å². The van der Waals surface area contributed by atoms with E-state index in [1.807, 2.05) is 17.9 Å². The largest absolute Gasteiger partial charge is 0.456 e. The first-order valence-corrected chi connectivity index (χ1v) is 8.12. The number of rotatable bonds is 4. The Kier molecular flexibility index (Phi) is 4.62. The lowest BCUT2D eigenvalue weighted by Gasteiger charge is -2.31. The molecule has 3 nitrogen and oxygen atoms in total. The Bertz CT molecular complexity index is 609. The molecule has 3 heteroatoms. The molecule has 3 rings (SSSR count). The maximum Gasteiger partial charge on any atom is 0.289 e. The first kappa shape index (κ1) is 14.9. The van der Waals surface area contributed by atoms with E-state index in [9.17, 15) is 4.79 Å². The minimum Gasteiger partial charge on any atom is -0.456 e. The van der Waals surface area contributed by atoms with Crippen LogP contribution in [0.1, 0.15) is 41.1 Å². The summed E-state index contributed by atoms with van der Waals surface area (Å²) in [4.78, 5) is 14.3. The lowest BCUT2D eigenvalue weighted by Crippen LogP contribution is -2.38. The van der Waals surface area contributed by atoms with Gasteiger partial charge in [-0.25, -0.2) is 0 Å². The third kappa shape index (κ3) is 3.59. The van der Waals surface area contributed by atoms with Gasteiger partial charge in [0.25, 0.3) is 5.91 Å². The quantitative estimate of drug-likeness (QED) is 0.852.